The van der Waals surface area contributed by atoms with E-state index in [1.165, 1.54) is 49.5 Å². The van der Waals surface area contributed by atoms with Crippen molar-refractivity contribution in [1.82, 2.24) is 4.98 Å². The molecule has 25 heavy (non-hydrogen) atoms. The SMILES string of the molecule is C[C@@H](OC(=O)/C=C/c1ccc(F)cc1)C(=O)Nc1ncc(Cl)cc1Cl. The molecule has 1 amide bonds. The predicted molar refractivity (Wildman–Crippen MR) is 93.9 cm³/mol. The Morgan fingerprint density at radius 3 is 2.60 bits per heavy atom. The van der Waals surface area contributed by atoms with Gasteiger partial charge >= 0.3 is 5.97 Å². The number of aromatic nitrogens is 1. The third-order valence-electron chi connectivity index (χ3n) is 2.99. The van der Waals surface area contributed by atoms with Crippen molar-refractivity contribution < 1.29 is 18.7 Å². The van der Waals surface area contributed by atoms with Crippen molar-refractivity contribution in [2.75, 3.05) is 5.32 Å². The normalized spacial score (nSPS) is 12.0. The summed E-state index contributed by atoms with van der Waals surface area (Å²) in [4.78, 5) is 27.6. The van der Waals surface area contributed by atoms with E-state index in [0.717, 1.165) is 6.08 Å². The molecule has 1 aromatic heterocycles. The molecule has 1 atom stereocenters. The third kappa shape index (κ3) is 5.85. The van der Waals surface area contributed by atoms with Gasteiger partial charge in [-0.3, -0.25) is 4.79 Å². The zero-order valence-electron chi connectivity index (χ0n) is 13.0. The van der Waals surface area contributed by atoms with Crippen LogP contribution >= 0.6 is 23.2 Å². The van der Waals surface area contributed by atoms with Crippen LogP contribution in [-0.2, 0) is 14.3 Å². The highest BCUT2D eigenvalue weighted by Gasteiger charge is 2.18. The molecule has 0 aliphatic rings. The number of esters is 1. The minimum Gasteiger partial charge on any atom is -0.449 e. The molecule has 2 aromatic rings. The van der Waals surface area contributed by atoms with Crippen molar-refractivity contribution in [3.8, 4) is 0 Å². The van der Waals surface area contributed by atoms with E-state index < -0.39 is 18.0 Å². The van der Waals surface area contributed by atoms with E-state index in [2.05, 4.69) is 10.3 Å². The maximum atomic E-state index is 12.8. The maximum absolute atomic E-state index is 12.8. The second-order valence-electron chi connectivity index (χ2n) is 4.94. The van der Waals surface area contributed by atoms with Gasteiger partial charge in [0.1, 0.15) is 5.82 Å². The molecule has 0 aliphatic heterocycles. The van der Waals surface area contributed by atoms with Gasteiger partial charge in [-0.1, -0.05) is 35.3 Å². The fraction of sp³-hybridized carbons (Fsp3) is 0.118. The highest BCUT2D eigenvalue weighted by atomic mass is 35.5. The van der Waals surface area contributed by atoms with E-state index in [9.17, 15) is 14.0 Å². The Hall–Kier alpha value is -2.44. The number of hydrogen-bond acceptors (Lipinski definition) is 4. The van der Waals surface area contributed by atoms with Gasteiger partial charge in [0, 0.05) is 12.3 Å². The van der Waals surface area contributed by atoms with Crippen LogP contribution in [0.2, 0.25) is 10.0 Å². The molecule has 1 aromatic carbocycles. The quantitative estimate of drug-likeness (QED) is 0.623. The van der Waals surface area contributed by atoms with E-state index >= 15 is 0 Å². The molecule has 0 bridgehead atoms. The van der Waals surface area contributed by atoms with Gasteiger partial charge in [-0.25, -0.2) is 14.2 Å². The number of pyridine rings is 1. The standard InChI is InChI=1S/C17H13Cl2FN2O3/c1-10(17(24)22-16-14(19)8-12(18)9-21-16)25-15(23)7-4-11-2-5-13(20)6-3-11/h2-10H,1H3,(H,21,22,24)/b7-4+/t10-/m1/s1. The van der Waals surface area contributed by atoms with Crippen LogP contribution in [0.15, 0.2) is 42.6 Å². The molecule has 130 valence electrons. The number of carbonyl (C=O) groups is 2. The largest absolute Gasteiger partial charge is 0.449 e. The fourth-order valence-corrected chi connectivity index (χ4v) is 2.16. The molecule has 5 nitrogen and oxygen atoms in total. The summed E-state index contributed by atoms with van der Waals surface area (Å²) in [6, 6.07) is 6.97. The topological polar surface area (TPSA) is 68.3 Å². The monoisotopic (exact) mass is 382 g/mol. The second kappa shape index (κ2) is 8.60. The molecule has 8 heteroatoms. The van der Waals surface area contributed by atoms with Gasteiger partial charge in [-0.2, -0.15) is 0 Å². The lowest BCUT2D eigenvalue weighted by Gasteiger charge is -2.12. The number of carbonyl (C=O) groups excluding carboxylic acids is 2. The van der Waals surface area contributed by atoms with Crippen LogP contribution in [0.5, 0.6) is 0 Å². The first-order valence-corrected chi connectivity index (χ1v) is 7.87. The van der Waals surface area contributed by atoms with E-state index in [4.69, 9.17) is 27.9 Å². The van der Waals surface area contributed by atoms with Gasteiger partial charge in [0.2, 0.25) is 0 Å². The number of hydrogen-bond donors (Lipinski definition) is 1. The lowest BCUT2D eigenvalue weighted by molar-refractivity contribution is -0.148. The first-order chi connectivity index (χ1) is 11.8. The zero-order chi connectivity index (χ0) is 18.4. The Labute approximate surface area is 153 Å². The van der Waals surface area contributed by atoms with E-state index in [1.807, 2.05) is 0 Å². The van der Waals surface area contributed by atoms with Crippen LogP contribution in [0.1, 0.15) is 12.5 Å². The van der Waals surface area contributed by atoms with E-state index in [-0.39, 0.29) is 16.7 Å². The number of anilines is 1. The molecular formula is C17H13Cl2FN2O3. The van der Waals surface area contributed by atoms with Crippen LogP contribution in [-0.4, -0.2) is 23.0 Å². The highest BCUT2D eigenvalue weighted by Crippen LogP contribution is 2.22. The third-order valence-corrected chi connectivity index (χ3v) is 3.49. The van der Waals surface area contributed by atoms with Gasteiger partial charge in [0.25, 0.3) is 5.91 Å². The number of ether oxygens (including phenoxy) is 1. The minimum absolute atomic E-state index is 0.112. The lowest BCUT2D eigenvalue weighted by Crippen LogP contribution is -2.29. The van der Waals surface area contributed by atoms with Crippen molar-refractivity contribution in [3.05, 3.63) is 64.0 Å². The summed E-state index contributed by atoms with van der Waals surface area (Å²) in [5.41, 5.74) is 0.618. The summed E-state index contributed by atoms with van der Waals surface area (Å²) in [7, 11) is 0. The summed E-state index contributed by atoms with van der Waals surface area (Å²) in [5.74, 6) is -1.58. The maximum Gasteiger partial charge on any atom is 0.331 e. The molecule has 1 heterocycles. The Morgan fingerprint density at radius 1 is 1.28 bits per heavy atom. The lowest BCUT2D eigenvalue weighted by atomic mass is 10.2. The Kier molecular flexibility index (Phi) is 6.50. The molecule has 0 saturated carbocycles. The van der Waals surface area contributed by atoms with Crippen molar-refractivity contribution in [2.24, 2.45) is 0 Å². The summed E-state index contributed by atoms with van der Waals surface area (Å²) >= 11 is 11.6. The first kappa shape index (κ1) is 18.9. The zero-order valence-corrected chi connectivity index (χ0v) is 14.5. The second-order valence-corrected chi connectivity index (χ2v) is 5.78. The summed E-state index contributed by atoms with van der Waals surface area (Å²) in [6.45, 7) is 1.41. The molecular weight excluding hydrogens is 370 g/mol. The van der Waals surface area contributed by atoms with Crippen LogP contribution in [0.25, 0.3) is 6.08 Å². The van der Waals surface area contributed by atoms with Gasteiger partial charge in [0.15, 0.2) is 11.9 Å². The number of amides is 1. The molecule has 2 rings (SSSR count). The predicted octanol–water partition coefficient (Wildman–Crippen LogP) is 4.11. The number of nitrogens with zero attached hydrogens (tertiary/aromatic N) is 1. The van der Waals surface area contributed by atoms with Crippen molar-refractivity contribution in [1.29, 1.82) is 0 Å². The molecule has 1 N–H and O–H groups in total. The Morgan fingerprint density at radius 2 is 1.96 bits per heavy atom. The highest BCUT2D eigenvalue weighted by molar-refractivity contribution is 6.36. The molecule has 0 unspecified atom stereocenters. The average Bonchev–Trinajstić information content (AvgIpc) is 2.56. The summed E-state index contributed by atoms with van der Waals surface area (Å²) < 4.78 is 17.8. The number of benzene rings is 1. The molecule has 0 aliphatic carbocycles. The smallest absolute Gasteiger partial charge is 0.331 e. The molecule has 0 radical (unpaired) electrons. The van der Waals surface area contributed by atoms with Gasteiger partial charge < -0.3 is 10.1 Å². The van der Waals surface area contributed by atoms with Crippen molar-refractivity contribution in [3.63, 3.8) is 0 Å². The van der Waals surface area contributed by atoms with Crippen molar-refractivity contribution in [2.45, 2.75) is 13.0 Å². The fourth-order valence-electron chi connectivity index (χ4n) is 1.73. The van der Waals surface area contributed by atoms with E-state index in [1.54, 1.807) is 0 Å². The minimum atomic E-state index is -1.07. The summed E-state index contributed by atoms with van der Waals surface area (Å²) in [5, 5.41) is 2.93. The number of nitrogens with one attached hydrogen (secondary N) is 1. The van der Waals surface area contributed by atoms with Crippen LogP contribution < -0.4 is 5.32 Å². The van der Waals surface area contributed by atoms with Crippen LogP contribution in [0, 0.1) is 5.82 Å². The van der Waals surface area contributed by atoms with Crippen LogP contribution in [0.4, 0.5) is 10.2 Å². The number of halogens is 3. The van der Waals surface area contributed by atoms with Crippen LogP contribution in [0.3, 0.4) is 0 Å². The Bertz CT molecular complexity index is 810. The van der Waals surface area contributed by atoms with Crippen molar-refractivity contribution >= 4 is 47.0 Å². The van der Waals surface area contributed by atoms with Gasteiger partial charge in [0.05, 0.1) is 10.0 Å². The number of rotatable bonds is 5. The average molecular weight is 383 g/mol. The molecule has 0 saturated heterocycles. The van der Waals surface area contributed by atoms with Gasteiger partial charge in [-0.15, -0.1) is 0 Å². The van der Waals surface area contributed by atoms with Gasteiger partial charge in [-0.05, 0) is 36.8 Å². The first-order valence-electron chi connectivity index (χ1n) is 7.11. The molecule has 0 fully saturated rings. The van der Waals surface area contributed by atoms with E-state index in [0.29, 0.717) is 10.6 Å². The molecule has 0 spiro atoms. The Balaban J connectivity index is 1.91. The summed E-state index contributed by atoms with van der Waals surface area (Å²) in [6.07, 6.45) is 2.85.